The van der Waals surface area contributed by atoms with Gasteiger partial charge in [0.1, 0.15) is 0 Å². The molecule has 0 aliphatic carbocycles. The topological polar surface area (TPSA) is 9.23 Å². The van der Waals surface area contributed by atoms with Gasteiger partial charge in [-0.2, -0.15) is 0 Å². The minimum atomic E-state index is 0.680. The number of ether oxygens (including phenoxy) is 1. The summed E-state index contributed by atoms with van der Waals surface area (Å²) in [6.07, 6.45) is 2.32. The molecule has 1 aromatic carbocycles. The Hall–Kier alpha value is -0.470. The minimum absolute atomic E-state index is 0.680. The number of rotatable bonds is 5. The molecule has 0 bridgehead atoms. The van der Waals surface area contributed by atoms with Gasteiger partial charge in [-0.1, -0.05) is 31.5 Å². The van der Waals surface area contributed by atoms with Crippen molar-refractivity contribution in [1.82, 2.24) is 0 Å². The van der Waals surface area contributed by atoms with Crippen LogP contribution >= 0.6 is 12.6 Å². The SMILES string of the molecule is CCCCOCc1ccccc1S. The molecule has 0 unspecified atom stereocenters. The molecule has 0 radical (unpaired) electrons. The van der Waals surface area contributed by atoms with E-state index in [2.05, 4.69) is 19.6 Å². The first-order valence-corrected chi connectivity index (χ1v) is 5.14. The predicted molar refractivity (Wildman–Crippen MR) is 58.3 cm³/mol. The second kappa shape index (κ2) is 6.06. The summed E-state index contributed by atoms with van der Waals surface area (Å²) in [4.78, 5) is 1.01. The molecule has 0 aromatic heterocycles. The summed E-state index contributed by atoms with van der Waals surface area (Å²) in [7, 11) is 0. The Labute approximate surface area is 85.5 Å². The van der Waals surface area contributed by atoms with E-state index in [-0.39, 0.29) is 0 Å². The van der Waals surface area contributed by atoms with E-state index in [0.717, 1.165) is 17.9 Å². The zero-order valence-corrected chi connectivity index (χ0v) is 8.89. The van der Waals surface area contributed by atoms with Gasteiger partial charge in [0.25, 0.3) is 0 Å². The second-order valence-corrected chi connectivity index (χ2v) is 3.52. The Morgan fingerprint density at radius 3 is 2.77 bits per heavy atom. The van der Waals surface area contributed by atoms with E-state index in [9.17, 15) is 0 Å². The number of unbranched alkanes of at least 4 members (excludes halogenated alkanes) is 1. The van der Waals surface area contributed by atoms with Crippen LogP contribution in [0.2, 0.25) is 0 Å². The van der Waals surface area contributed by atoms with Crippen molar-refractivity contribution in [2.75, 3.05) is 6.61 Å². The highest BCUT2D eigenvalue weighted by molar-refractivity contribution is 7.80. The molecule has 0 N–H and O–H groups in total. The Morgan fingerprint density at radius 2 is 2.08 bits per heavy atom. The minimum Gasteiger partial charge on any atom is -0.377 e. The molecule has 1 nitrogen and oxygen atoms in total. The fraction of sp³-hybridized carbons (Fsp3) is 0.455. The highest BCUT2D eigenvalue weighted by atomic mass is 32.1. The van der Waals surface area contributed by atoms with Crippen molar-refractivity contribution in [1.29, 1.82) is 0 Å². The van der Waals surface area contributed by atoms with Crippen molar-refractivity contribution < 1.29 is 4.74 Å². The molecule has 0 fully saturated rings. The fourth-order valence-electron chi connectivity index (χ4n) is 1.06. The van der Waals surface area contributed by atoms with Crippen LogP contribution in [-0.4, -0.2) is 6.61 Å². The molecule has 0 spiro atoms. The van der Waals surface area contributed by atoms with Crippen LogP contribution in [-0.2, 0) is 11.3 Å². The van der Waals surface area contributed by atoms with Crippen LogP contribution < -0.4 is 0 Å². The average molecular weight is 196 g/mol. The number of thiol groups is 1. The summed E-state index contributed by atoms with van der Waals surface area (Å²) in [6.45, 7) is 3.69. The molecule has 0 atom stereocenters. The predicted octanol–water partition coefficient (Wildman–Crippen LogP) is 3.29. The van der Waals surface area contributed by atoms with Crippen molar-refractivity contribution in [2.24, 2.45) is 0 Å². The molecule has 0 aliphatic heterocycles. The smallest absolute Gasteiger partial charge is 0.0727 e. The van der Waals surface area contributed by atoms with Gasteiger partial charge in [-0.25, -0.2) is 0 Å². The highest BCUT2D eigenvalue weighted by Crippen LogP contribution is 2.13. The van der Waals surface area contributed by atoms with Crippen molar-refractivity contribution in [3.63, 3.8) is 0 Å². The molecule has 0 saturated heterocycles. The molecule has 0 saturated carbocycles. The van der Waals surface area contributed by atoms with Crippen LogP contribution in [0.5, 0.6) is 0 Å². The standard InChI is InChI=1S/C11H16OS/c1-2-3-8-12-9-10-6-4-5-7-11(10)13/h4-7,13H,2-3,8-9H2,1H3. The van der Waals surface area contributed by atoms with Crippen LogP contribution in [0.3, 0.4) is 0 Å². The van der Waals surface area contributed by atoms with Crippen molar-refractivity contribution in [3.05, 3.63) is 29.8 Å². The third-order valence-electron chi connectivity index (χ3n) is 1.89. The van der Waals surface area contributed by atoms with Crippen LogP contribution in [0.1, 0.15) is 25.3 Å². The normalized spacial score (nSPS) is 10.3. The van der Waals surface area contributed by atoms with Gasteiger partial charge in [-0.15, -0.1) is 12.6 Å². The van der Waals surface area contributed by atoms with Gasteiger partial charge in [-0.05, 0) is 18.1 Å². The van der Waals surface area contributed by atoms with Gasteiger partial charge in [0, 0.05) is 11.5 Å². The molecule has 72 valence electrons. The van der Waals surface area contributed by atoms with Gasteiger partial charge in [0.15, 0.2) is 0 Å². The van der Waals surface area contributed by atoms with E-state index < -0.39 is 0 Å². The summed E-state index contributed by atoms with van der Waals surface area (Å²) < 4.78 is 5.49. The number of hydrogen-bond acceptors (Lipinski definition) is 2. The van der Waals surface area contributed by atoms with E-state index in [1.165, 1.54) is 12.0 Å². The Kier molecular flexibility index (Phi) is 4.94. The van der Waals surface area contributed by atoms with E-state index >= 15 is 0 Å². The monoisotopic (exact) mass is 196 g/mol. The zero-order chi connectivity index (χ0) is 9.52. The van der Waals surface area contributed by atoms with Gasteiger partial charge < -0.3 is 4.74 Å². The summed E-state index contributed by atoms with van der Waals surface area (Å²) in [5.41, 5.74) is 1.17. The summed E-state index contributed by atoms with van der Waals surface area (Å²) in [5.74, 6) is 0. The van der Waals surface area contributed by atoms with E-state index in [1.807, 2.05) is 24.3 Å². The molecule has 2 heteroatoms. The van der Waals surface area contributed by atoms with Crippen LogP contribution in [0, 0.1) is 0 Å². The highest BCUT2D eigenvalue weighted by Gasteiger charge is 1.96. The lowest BCUT2D eigenvalue weighted by atomic mass is 10.2. The molecule has 1 rings (SSSR count). The van der Waals surface area contributed by atoms with Gasteiger partial charge in [0.2, 0.25) is 0 Å². The Balaban J connectivity index is 2.32. The lowest BCUT2D eigenvalue weighted by Gasteiger charge is -2.05. The third kappa shape index (κ3) is 3.83. The van der Waals surface area contributed by atoms with Crippen molar-refractivity contribution >= 4 is 12.6 Å². The van der Waals surface area contributed by atoms with Crippen LogP contribution in [0.4, 0.5) is 0 Å². The van der Waals surface area contributed by atoms with Crippen LogP contribution in [0.25, 0.3) is 0 Å². The molecule has 0 heterocycles. The molecule has 0 amide bonds. The largest absolute Gasteiger partial charge is 0.377 e. The lowest BCUT2D eigenvalue weighted by molar-refractivity contribution is 0.116. The molecule has 13 heavy (non-hydrogen) atoms. The first kappa shape index (κ1) is 10.6. The molecule has 1 aromatic rings. The quantitative estimate of drug-likeness (QED) is 0.561. The van der Waals surface area contributed by atoms with Crippen molar-refractivity contribution in [2.45, 2.75) is 31.3 Å². The molecule has 0 aliphatic rings. The summed E-state index contributed by atoms with van der Waals surface area (Å²) >= 11 is 4.34. The molecular weight excluding hydrogens is 180 g/mol. The Bertz CT molecular complexity index is 248. The number of hydrogen-bond donors (Lipinski definition) is 1. The zero-order valence-electron chi connectivity index (χ0n) is 7.99. The third-order valence-corrected chi connectivity index (χ3v) is 2.33. The van der Waals surface area contributed by atoms with Gasteiger partial charge >= 0.3 is 0 Å². The first-order valence-electron chi connectivity index (χ1n) is 4.69. The summed E-state index contributed by atoms with van der Waals surface area (Å²) in [6, 6.07) is 8.03. The van der Waals surface area contributed by atoms with Crippen LogP contribution in [0.15, 0.2) is 29.2 Å². The van der Waals surface area contributed by atoms with E-state index in [4.69, 9.17) is 4.74 Å². The van der Waals surface area contributed by atoms with E-state index in [0.29, 0.717) is 6.61 Å². The second-order valence-electron chi connectivity index (χ2n) is 3.03. The number of benzene rings is 1. The Morgan fingerprint density at radius 1 is 1.31 bits per heavy atom. The maximum Gasteiger partial charge on any atom is 0.0727 e. The maximum absolute atomic E-state index is 5.49. The maximum atomic E-state index is 5.49. The van der Waals surface area contributed by atoms with Crippen molar-refractivity contribution in [3.8, 4) is 0 Å². The lowest BCUT2D eigenvalue weighted by Crippen LogP contribution is -1.95. The molecular formula is C11H16OS. The van der Waals surface area contributed by atoms with Gasteiger partial charge in [-0.3, -0.25) is 0 Å². The average Bonchev–Trinajstić information content (AvgIpc) is 2.15. The fourth-order valence-corrected chi connectivity index (χ4v) is 1.29. The van der Waals surface area contributed by atoms with E-state index in [1.54, 1.807) is 0 Å². The van der Waals surface area contributed by atoms with Gasteiger partial charge in [0.05, 0.1) is 6.61 Å². The summed E-state index contributed by atoms with van der Waals surface area (Å²) in [5, 5.41) is 0. The first-order chi connectivity index (χ1) is 6.34.